The molecule has 4 heterocycles. The molecule has 10 heteroatoms. The number of alkyl halides is 3. The van der Waals surface area contributed by atoms with Gasteiger partial charge in [0.15, 0.2) is 0 Å². The third-order valence-corrected chi connectivity index (χ3v) is 7.24. The standard InChI is InChI=1S/C24H25F3N6O/c1-13-6-15(4-5-28-13)22-17-7-16-9-33(23(34)29-19(16)8-20(17)30-31-22)21-11-32(12-24(25,26)27)10-18(21)14-2-3-14/h4-8,14,18,21H,2-3,9-12H2,1H3,(H,29,34)(H,30,31)/t18-,21+/m0/s1. The summed E-state index contributed by atoms with van der Waals surface area (Å²) in [6.07, 6.45) is -0.445. The molecule has 3 aliphatic rings. The van der Waals surface area contributed by atoms with Crippen LogP contribution in [0.1, 0.15) is 24.1 Å². The molecule has 2 atom stereocenters. The zero-order chi connectivity index (χ0) is 23.6. The fraction of sp³-hybridized carbons (Fsp3) is 0.458. The lowest BCUT2D eigenvalue weighted by molar-refractivity contribution is -0.144. The normalized spacial score (nSPS) is 23.4. The zero-order valence-electron chi connectivity index (χ0n) is 18.7. The second-order valence-corrected chi connectivity index (χ2v) is 9.75. The number of hydrogen-bond donors (Lipinski definition) is 2. The lowest BCUT2D eigenvalue weighted by Crippen LogP contribution is -2.49. The SMILES string of the molecule is Cc1cc(-c2n[nH]c3cc4c(cc23)CN([C@@H]2CN(CC(F)(F)F)C[C@H]2C2CC2)C(=O)N4)ccn1. The van der Waals surface area contributed by atoms with Gasteiger partial charge in [0.2, 0.25) is 0 Å². The van der Waals surface area contributed by atoms with Gasteiger partial charge in [0.1, 0.15) is 5.69 Å². The second kappa shape index (κ2) is 7.69. The molecular formula is C24H25F3N6O. The number of hydrogen-bond acceptors (Lipinski definition) is 4. The first kappa shape index (κ1) is 21.4. The maximum atomic E-state index is 13.1. The van der Waals surface area contributed by atoms with Crippen LogP contribution in [-0.2, 0) is 6.54 Å². The number of pyridine rings is 1. The van der Waals surface area contributed by atoms with Crippen molar-refractivity contribution in [3.8, 4) is 11.3 Å². The van der Waals surface area contributed by atoms with E-state index in [2.05, 4.69) is 20.5 Å². The summed E-state index contributed by atoms with van der Waals surface area (Å²) in [5.74, 6) is 0.470. The Balaban J connectivity index is 1.32. The van der Waals surface area contributed by atoms with Crippen molar-refractivity contribution in [3.05, 3.63) is 41.7 Å². The highest BCUT2D eigenvalue weighted by Gasteiger charge is 2.48. The molecule has 1 saturated heterocycles. The maximum Gasteiger partial charge on any atom is 0.401 e. The number of carbonyl (C=O) groups is 1. The van der Waals surface area contributed by atoms with Gasteiger partial charge in [0.25, 0.3) is 0 Å². The van der Waals surface area contributed by atoms with E-state index in [1.807, 2.05) is 31.2 Å². The average molecular weight is 470 g/mol. The van der Waals surface area contributed by atoms with Crippen LogP contribution in [0.4, 0.5) is 23.7 Å². The predicted molar refractivity (Wildman–Crippen MR) is 121 cm³/mol. The molecule has 2 N–H and O–H groups in total. The number of H-pyrrole nitrogens is 1. The predicted octanol–water partition coefficient (Wildman–Crippen LogP) is 4.55. The highest BCUT2D eigenvalue weighted by atomic mass is 19.4. The number of aryl methyl sites for hydroxylation is 1. The summed E-state index contributed by atoms with van der Waals surface area (Å²) >= 11 is 0. The first-order chi connectivity index (χ1) is 16.2. The van der Waals surface area contributed by atoms with Crippen molar-refractivity contribution in [2.45, 2.75) is 38.5 Å². The Labute approximate surface area is 194 Å². The smallest absolute Gasteiger partial charge is 0.316 e. The number of anilines is 1. The van der Waals surface area contributed by atoms with Gasteiger partial charge in [-0.25, -0.2) is 4.79 Å². The van der Waals surface area contributed by atoms with Gasteiger partial charge in [-0.15, -0.1) is 0 Å². The van der Waals surface area contributed by atoms with Crippen LogP contribution in [0.5, 0.6) is 0 Å². The Hall–Kier alpha value is -3.14. The Morgan fingerprint density at radius 3 is 2.74 bits per heavy atom. The number of likely N-dealkylation sites (tertiary alicyclic amines) is 1. The first-order valence-electron chi connectivity index (χ1n) is 11.6. The first-order valence-corrected chi connectivity index (χ1v) is 11.6. The van der Waals surface area contributed by atoms with Crippen LogP contribution >= 0.6 is 0 Å². The van der Waals surface area contributed by atoms with Crippen LogP contribution in [0.2, 0.25) is 0 Å². The number of nitrogens with one attached hydrogen (secondary N) is 2. The van der Waals surface area contributed by atoms with E-state index < -0.39 is 12.7 Å². The number of rotatable bonds is 4. The maximum absolute atomic E-state index is 13.1. The number of nitrogens with zero attached hydrogens (tertiary/aromatic N) is 4. The second-order valence-electron chi connectivity index (χ2n) is 9.75. The molecule has 2 fully saturated rings. The molecule has 7 nitrogen and oxygen atoms in total. The molecule has 0 bridgehead atoms. The van der Waals surface area contributed by atoms with E-state index >= 15 is 0 Å². The topological polar surface area (TPSA) is 77.2 Å². The largest absolute Gasteiger partial charge is 0.401 e. The molecule has 2 aliphatic heterocycles. The Morgan fingerprint density at radius 2 is 2.00 bits per heavy atom. The fourth-order valence-electron chi connectivity index (χ4n) is 5.57. The lowest BCUT2D eigenvalue weighted by atomic mass is 9.95. The van der Waals surface area contributed by atoms with Crippen molar-refractivity contribution in [2.24, 2.45) is 11.8 Å². The molecule has 3 aromatic rings. The highest BCUT2D eigenvalue weighted by Crippen LogP contribution is 2.44. The van der Waals surface area contributed by atoms with E-state index in [-0.39, 0.29) is 24.5 Å². The Morgan fingerprint density at radius 1 is 1.18 bits per heavy atom. The number of aromatic amines is 1. The van der Waals surface area contributed by atoms with Crippen molar-refractivity contribution in [3.63, 3.8) is 0 Å². The Kier molecular flexibility index (Phi) is 4.84. The van der Waals surface area contributed by atoms with Gasteiger partial charge in [-0.1, -0.05) is 0 Å². The average Bonchev–Trinajstić information content (AvgIpc) is 3.41. The summed E-state index contributed by atoms with van der Waals surface area (Å²) in [6.45, 7) is 2.00. The molecule has 2 aromatic heterocycles. The van der Waals surface area contributed by atoms with Crippen LogP contribution in [0.25, 0.3) is 22.2 Å². The van der Waals surface area contributed by atoms with Gasteiger partial charge in [0, 0.05) is 48.2 Å². The monoisotopic (exact) mass is 470 g/mol. The lowest BCUT2D eigenvalue weighted by Gasteiger charge is -2.36. The molecule has 2 amide bonds. The van der Waals surface area contributed by atoms with Crippen molar-refractivity contribution in [1.29, 1.82) is 0 Å². The molecule has 6 rings (SSSR count). The van der Waals surface area contributed by atoms with Crippen LogP contribution < -0.4 is 5.32 Å². The summed E-state index contributed by atoms with van der Waals surface area (Å²) in [5.41, 5.74) is 5.10. The van der Waals surface area contributed by atoms with Gasteiger partial charge in [-0.2, -0.15) is 18.3 Å². The molecule has 0 spiro atoms. The highest BCUT2D eigenvalue weighted by molar-refractivity contribution is 6.00. The number of fused-ring (bicyclic) bond motifs is 2. The van der Waals surface area contributed by atoms with Crippen molar-refractivity contribution in [1.82, 2.24) is 25.0 Å². The number of halogens is 3. The third kappa shape index (κ3) is 3.89. The summed E-state index contributed by atoms with van der Waals surface area (Å²) < 4.78 is 39.2. The zero-order valence-corrected chi connectivity index (χ0v) is 18.7. The van der Waals surface area contributed by atoms with Gasteiger partial charge < -0.3 is 10.2 Å². The van der Waals surface area contributed by atoms with E-state index in [0.29, 0.717) is 24.7 Å². The van der Waals surface area contributed by atoms with E-state index in [4.69, 9.17) is 0 Å². The number of benzene rings is 1. The van der Waals surface area contributed by atoms with Crippen LogP contribution in [-0.4, -0.2) is 62.9 Å². The quantitative estimate of drug-likeness (QED) is 0.587. The molecule has 1 saturated carbocycles. The minimum absolute atomic E-state index is 0.0719. The molecule has 34 heavy (non-hydrogen) atoms. The van der Waals surface area contributed by atoms with Gasteiger partial charge >= 0.3 is 12.2 Å². The number of carbonyl (C=O) groups excluding carboxylic acids is 1. The fourth-order valence-corrected chi connectivity index (χ4v) is 5.57. The molecule has 178 valence electrons. The summed E-state index contributed by atoms with van der Waals surface area (Å²) in [4.78, 5) is 20.5. The van der Waals surface area contributed by atoms with E-state index in [1.54, 1.807) is 11.1 Å². The summed E-state index contributed by atoms with van der Waals surface area (Å²) in [7, 11) is 0. The molecule has 1 aliphatic carbocycles. The minimum Gasteiger partial charge on any atom is -0.316 e. The van der Waals surface area contributed by atoms with Crippen molar-refractivity contribution in [2.75, 3.05) is 25.0 Å². The van der Waals surface area contributed by atoms with Gasteiger partial charge in [-0.05, 0) is 61.4 Å². The molecule has 1 aromatic carbocycles. The van der Waals surface area contributed by atoms with Crippen molar-refractivity contribution < 1.29 is 18.0 Å². The number of urea groups is 1. The number of amides is 2. The van der Waals surface area contributed by atoms with Gasteiger partial charge in [0.05, 0.1) is 18.1 Å². The van der Waals surface area contributed by atoms with Crippen LogP contribution in [0, 0.1) is 18.8 Å². The third-order valence-electron chi connectivity index (χ3n) is 7.24. The molecule has 0 radical (unpaired) electrons. The number of aromatic nitrogens is 3. The summed E-state index contributed by atoms with van der Waals surface area (Å²) in [6, 6.07) is 7.31. The molecular weight excluding hydrogens is 445 g/mol. The van der Waals surface area contributed by atoms with E-state index in [0.717, 1.165) is 46.3 Å². The van der Waals surface area contributed by atoms with E-state index in [9.17, 15) is 18.0 Å². The van der Waals surface area contributed by atoms with Crippen molar-refractivity contribution >= 4 is 22.6 Å². The minimum atomic E-state index is -4.24. The van der Waals surface area contributed by atoms with Crippen LogP contribution in [0.3, 0.4) is 0 Å². The molecule has 0 unspecified atom stereocenters. The van der Waals surface area contributed by atoms with Gasteiger partial charge in [-0.3, -0.25) is 15.0 Å². The van der Waals surface area contributed by atoms with Crippen LogP contribution in [0.15, 0.2) is 30.5 Å². The summed E-state index contributed by atoms with van der Waals surface area (Å²) in [5, 5.41) is 11.4. The Bertz CT molecular complexity index is 1270. The van der Waals surface area contributed by atoms with E-state index in [1.165, 1.54) is 4.90 Å².